The van der Waals surface area contributed by atoms with E-state index in [9.17, 15) is 18.4 Å². The number of aryl methyl sites for hydroxylation is 1. The van der Waals surface area contributed by atoms with Crippen LogP contribution in [0.5, 0.6) is 0 Å². The Labute approximate surface area is 189 Å². The highest BCUT2D eigenvalue weighted by Crippen LogP contribution is 2.29. The third-order valence-electron chi connectivity index (χ3n) is 5.81. The van der Waals surface area contributed by atoms with Crippen LogP contribution in [-0.4, -0.2) is 52.4 Å². The van der Waals surface area contributed by atoms with E-state index in [-0.39, 0.29) is 44.2 Å². The highest BCUT2D eigenvalue weighted by atomic mass is 19.3. The molecule has 0 spiro atoms. The number of hydrogen-bond donors (Lipinski definition) is 0. The average molecular weight is 452 g/mol. The Morgan fingerprint density at radius 2 is 1.88 bits per heavy atom. The first-order valence-electron chi connectivity index (χ1n) is 10.6. The molecular formula is C24H22F2N4O3. The third-order valence-corrected chi connectivity index (χ3v) is 5.81. The van der Waals surface area contributed by atoms with Crippen LogP contribution in [0.3, 0.4) is 0 Å². The molecule has 0 radical (unpaired) electrons. The first kappa shape index (κ1) is 22.4. The number of carbonyl (C=O) groups is 2. The molecule has 0 saturated carbocycles. The van der Waals surface area contributed by atoms with Gasteiger partial charge >= 0.3 is 5.97 Å². The van der Waals surface area contributed by atoms with Gasteiger partial charge in [-0.2, -0.15) is 5.26 Å². The van der Waals surface area contributed by atoms with Crippen LogP contribution in [0, 0.1) is 11.3 Å². The lowest BCUT2D eigenvalue weighted by Gasteiger charge is -2.31. The standard InChI is InChI=1S/C24H22F2N4O3/c1-33-21(31)7-6-20-13-17-12-18(23(32)29-10-8-24(25,26)9-11-29)15-28-22(17)30(20)19-4-2-16(14-27)3-5-19/h2-5,12-13,15H,6-11H2,1H3. The minimum atomic E-state index is -2.73. The second-order valence-electron chi connectivity index (χ2n) is 7.99. The Balaban J connectivity index is 1.70. The fourth-order valence-electron chi connectivity index (χ4n) is 3.97. The van der Waals surface area contributed by atoms with Crippen LogP contribution >= 0.6 is 0 Å². The number of esters is 1. The SMILES string of the molecule is COC(=O)CCc1cc2cc(C(=O)N3CCC(F)(F)CC3)cnc2n1-c1ccc(C#N)cc1. The molecule has 1 aliphatic rings. The first-order valence-corrected chi connectivity index (χ1v) is 10.6. The summed E-state index contributed by atoms with van der Waals surface area (Å²) in [4.78, 5) is 30.5. The van der Waals surface area contributed by atoms with E-state index in [0.717, 1.165) is 11.4 Å². The topological polar surface area (TPSA) is 88.2 Å². The van der Waals surface area contributed by atoms with Crippen molar-refractivity contribution in [3.63, 3.8) is 0 Å². The molecule has 7 nitrogen and oxygen atoms in total. The van der Waals surface area contributed by atoms with Crippen LogP contribution in [0.1, 0.15) is 40.9 Å². The lowest BCUT2D eigenvalue weighted by molar-refractivity contribution is -0.140. The number of amides is 1. The first-order chi connectivity index (χ1) is 15.8. The number of hydrogen-bond acceptors (Lipinski definition) is 5. The molecule has 1 fully saturated rings. The van der Waals surface area contributed by atoms with E-state index in [1.54, 1.807) is 30.3 Å². The minimum Gasteiger partial charge on any atom is -0.469 e. The number of methoxy groups -OCH3 is 1. The van der Waals surface area contributed by atoms with Crippen LogP contribution in [0.2, 0.25) is 0 Å². The van der Waals surface area contributed by atoms with Gasteiger partial charge in [-0.25, -0.2) is 13.8 Å². The van der Waals surface area contributed by atoms with E-state index in [1.807, 2.05) is 10.6 Å². The molecule has 1 amide bonds. The van der Waals surface area contributed by atoms with Crippen molar-refractivity contribution >= 4 is 22.9 Å². The van der Waals surface area contributed by atoms with Crippen molar-refractivity contribution in [3.8, 4) is 11.8 Å². The molecular weight excluding hydrogens is 430 g/mol. The zero-order valence-electron chi connectivity index (χ0n) is 18.1. The summed E-state index contributed by atoms with van der Waals surface area (Å²) >= 11 is 0. The molecule has 2 aromatic heterocycles. The molecule has 9 heteroatoms. The molecule has 170 valence electrons. The van der Waals surface area contributed by atoms with Crippen LogP contribution in [0.4, 0.5) is 8.78 Å². The number of pyridine rings is 1. The maximum absolute atomic E-state index is 13.5. The summed E-state index contributed by atoms with van der Waals surface area (Å²) in [5.41, 5.74) is 2.97. The van der Waals surface area contributed by atoms with Crippen LogP contribution in [0.25, 0.3) is 16.7 Å². The van der Waals surface area contributed by atoms with Gasteiger partial charge in [0.15, 0.2) is 0 Å². The number of fused-ring (bicyclic) bond motifs is 1. The average Bonchev–Trinajstić information content (AvgIpc) is 3.19. The molecule has 1 saturated heterocycles. The molecule has 33 heavy (non-hydrogen) atoms. The molecule has 0 bridgehead atoms. The molecule has 4 rings (SSSR count). The Morgan fingerprint density at radius 1 is 1.18 bits per heavy atom. The number of rotatable bonds is 5. The van der Waals surface area contributed by atoms with Crippen molar-refractivity contribution in [1.29, 1.82) is 5.26 Å². The van der Waals surface area contributed by atoms with E-state index >= 15 is 0 Å². The van der Waals surface area contributed by atoms with Gasteiger partial charge in [0.05, 0.1) is 30.7 Å². The summed E-state index contributed by atoms with van der Waals surface area (Å²) in [7, 11) is 1.33. The van der Waals surface area contributed by atoms with Crippen LogP contribution in [-0.2, 0) is 16.0 Å². The lowest BCUT2D eigenvalue weighted by atomic mass is 10.1. The largest absolute Gasteiger partial charge is 0.469 e. The summed E-state index contributed by atoms with van der Waals surface area (Å²) in [5.74, 6) is -3.41. The van der Waals surface area contributed by atoms with Gasteiger partial charge < -0.3 is 9.64 Å². The molecule has 0 aliphatic carbocycles. The van der Waals surface area contributed by atoms with Crippen molar-refractivity contribution in [2.24, 2.45) is 0 Å². The number of halogens is 2. The normalized spacial score (nSPS) is 15.3. The predicted molar refractivity (Wildman–Crippen MR) is 116 cm³/mol. The number of likely N-dealkylation sites (tertiary alicyclic amines) is 1. The van der Waals surface area contributed by atoms with Gasteiger partial charge in [0.25, 0.3) is 11.8 Å². The number of ether oxygens (including phenoxy) is 1. The van der Waals surface area contributed by atoms with Crippen molar-refractivity contribution in [2.75, 3.05) is 20.2 Å². The zero-order valence-corrected chi connectivity index (χ0v) is 18.1. The summed E-state index contributed by atoms with van der Waals surface area (Å²) in [6.07, 6.45) is 1.30. The molecule has 1 aromatic carbocycles. The molecule has 0 atom stereocenters. The number of nitrogens with zero attached hydrogens (tertiary/aromatic N) is 4. The second-order valence-corrected chi connectivity index (χ2v) is 7.99. The minimum absolute atomic E-state index is 0.000499. The van der Waals surface area contributed by atoms with Crippen molar-refractivity contribution < 1.29 is 23.1 Å². The number of benzene rings is 1. The molecule has 3 heterocycles. The number of alkyl halides is 2. The van der Waals surface area contributed by atoms with Crippen molar-refractivity contribution in [1.82, 2.24) is 14.5 Å². The lowest BCUT2D eigenvalue weighted by Crippen LogP contribution is -2.42. The Morgan fingerprint density at radius 3 is 2.52 bits per heavy atom. The van der Waals surface area contributed by atoms with E-state index < -0.39 is 5.92 Å². The number of piperidine rings is 1. The second kappa shape index (κ2) is 8.98. The third kappa shape index (κ3) is 4.70. The molecule has 0 unspecified atom stereocenters. The summed E-state index contributed by atoms with van der Waals surface area (Å²) < 4.78 is 33.5. The monoisotopic (exact) mass is 452 g/mol. The van der Waals surface area contributed by atoms with Gasteiger partial charge in [-0.05, 0) is 42.8 Å². The van der Waals surface area contributed by atoms with E-state index in [4.69, 9.17) is 10.00 Å². The quantitative estimate of drug-likeness (QED) is 0.549. The summed E-state index contributed by atoms with van der Waals surface area (Å²) in [5, 5.41) is 9.77. The molecule has 0 N–H and O–H groups in total. The van der Waals surface area contributed by atoms with Gasteiger partial charge in [-0.3, -0.25) is 14.2 Å². The number of carbonyl (C=O) groups excluding carboxylic acids is 2. The van der Waals surface area contributed by atoms with Gasteiger partial charge in [0.1, 0.15) is 5.65 Å². The van der Waals surface area contributed by atoms with Crippen molar-refractivity contribution in [2.45, 2.75) is 31.6 Å². The zero-order chi connectivity index (χ0) is 23.6. The summed E-state index contributed by atoms with van der Waals surface area (Å²) in [6, 6.07) is 12.6. The molecule has 3 aromatic rings. The Kier molecular flexibility index (Phi) is 6.09. The van der Waals surface area contributed by atoms with Crippen LogP contribution < -0.4 is 0 Å². The van der Waals surface area contributed by atoms with Crippen LogP contribution in [0.15, 0.2) is 42.6 Å². The van der Waals surface area contributed by atoms with Gasteiger partial charge in [-0.15, -0.1) is 0 Å². The predicted octanol–water partition coefficient (Wildman–Crippen LogP) is 3.87. The van der Waals surface area contributed by atoms with Gasteiger partial charge in [0.2, 0.25) is 0 Å². The highest BCUT2D eigenvalue weighted by molar-refractivity contribution is 5.97. The Bertz CT molecular complexity index is 1240. The highest BCUT2D eigenvalue weighted by Gasteiger charge is 2.36. The smallest absolute Gasteiger partial charge is 0.305 e. The van der Waals surface area contributed by atoms with Crippen molar-refractivity contribution in [3.05, 3.63) is 59.4 Å². The Hall–Kier alpha value is -3.80. The summed E-state index contributed by atoms with van der Waals surface area (Å²) in [6.45, 7) is 0.000998. The fraction of sp³-hybridized carbons (Fsp3) is 0.333. The molecule has 1 aliphatic heterocycles. The van der Waals surface area contributed by atoms with E-state index in [2.05, 4.69) is 11.1 Å². The van der Waals surface area contributed by atoms with Gasteiger partial charge in [-0.1, -0.05) is 0 Å². The maximum atomic E-state index is 13.5. The fourth-order valence-corrected chi connectivity index (χ4v) is 3.97. The van der Waals surface area contributed by atoms with E-state index in [0.29, 0.717) is 28.6 Å². The van der Waals surface area contributed by atoms with Gasteiger partial charge in [0, 0.05) is 48.9 Å². The maximum Gasteiger partial charge on any atom is 0.305 e. The number of nitriles is 1. The van der Waals surface area contributed by atoms with E-state index in [1.165, 1.54) is 18.2 Å². The number of aromatic nitrogens is 2.